The van der Waals surface area contributed by atoms with Gasteiger partial charge in [0.15, 0.2) is 5.82 Å². The quantitative estimate of drug-likeness (QED) is 0.239. The molecule has 238 valence electrons. The van der Waals surface area contributed by atoms with Crippen LogP contribution in [0.1, 0.15) is 40.5 Å². The summed E-state index contributed by atoms with van der Waals surface area (Å²) in [5.41, 5.74) is -0.229. The molecule has 4 heterocycles. The van der Waals surface area contributed by atoms with Crippen LogP contribution >= 0.6 is 11.6 Å². The average molecular weight is 639 g/mol. The van der Waals surface area contributed by atoms with Gasteiger partial charge in [0.05, 0.1) is 10.4 Å². The van der Waals surface area contributed by atoms with E-state index in [1.54, 1.807) is 29.2 Å². The molecule has 2 aliphatic rings. The fourth-order valence-electron chi connectivity index (χ4n) is 6.13. The second-order valence-electron chi connectivity index (χ2n) is 12.8. The second-order valence-corrected chi connectivity index (χ2v) is 13.2. The molecule has 2 saturated heterocycles. The molecule has 0 unspecified atom stereocenters. The lowest BCUT2D eigenvalue weighted by Crippen LogP contribution is -2.55. The molecule has 0 bridgehead atoms. The van der Waals surface area contributed by atoms with E-state index in [2.05, 4.69) is 21.9 Å². The Kier molecular flexibility index (Phi) is 8.43. The molecule has 12 heteroatoms. The number of benzene rings is 2. The summed E-state index contributed by atoms with van der Waals surface area (Å²) in [6, 6.07) is 8.16. The Morgan fingerprint density at radius 2 is 1.91 bits per heavy atom. The molecule has 2 fully saturated rings. The minimum absolute atomic E-state index is 0.00507. The summed E-state index contributed by atoms with van der Waals surface area (Å²) < 4.78 is 42.9. The van der Waals surface area contributed by atoms with E-state index in [1.165, 1.54) is 12.3 Å². The van der Waals surface area contributed by atoms with Crippen LogP contribution in [0, 0.1) is 11.6 Å². The molecule has 6 rings (SSSR count). The predicted octanol–water partition coefficient (Wildman–Crippen LogP) is 6.70. The molecule has 2 aromatic heterocycles. The van der Waals surface area contributed by atoms with Crippen LogP contribution in [0.5, 0.6) is 6.01 Å². The normalized spacial score (nSPS) is 19.5. The van der Waals surface area contributed by atoms with Crippen molar-refractivity contribution in [1.29, 1.82) is 0 Å². The van der Waals surface area contributed by atoms with E-state index in [-0.39, 0.29) is 40.4 Å². The lowest BCUT2D eigenvalue weighted by molar-refractivity contribution is 0.0218. The van der Waals surface area contributed by atoms with E-state index in [9.17, 15) is 9.18 Å². The van der Waals surface area contributed by atoms with E-state index in [0.717, 1.165) is 19.4 Å². The Labute approximate surface area is 266 Å². The third-order valence-corrected chi connectivity index (χ3v) is 8.83. The molecule has 45 heavy (non-hydrogen) atoms. The van der Waals surface area contributed by atoms with Crippen molar-refractivity contribution >= 4 is 45.2 Å². The topological polar surface area (TPSA) is 83.9 Å². The molecule has 0 radical (unpaired) electrons. The first-order valence-corrected chi connectivity index (χ1v) is 15.6. The standard InChI is InChI=1S/C33H37ClF2N6O3/c1-19-17-41(32(43)45-33(2,3)4)14-15-42(19)30-23-16-37-28(22-10-6-8-20-11-12-24(35)26(34)25(20)22)27(36)29(23)38-31(39-30)44-18-21-9-7-13-40(21)5/h6,8,10-12,16,19,21H,7,9,13-15,17-18H2,1-5H3/t19-,21+/m1/s1. The molecule has 9 nitrogen and oxygen atoms in total. The van der Waals surface area contributed by atoms with Crippen molar-refractivity contribution in [2.45, 2.75) is 58.2 Å². The van der Waals surface area contributed by atoms with Crippen LogP contribution in [0.3, 0.4) is 0 Å². The number of halogens is 3. The van der Waals surface area contributed by atoms with Gasteiger partial charge in [-0.1, -0.05) is 35.9 Å². The van der Waals surface area contributed by atoms with Crippen molar-refractivity contribution in [3.05, 3.63) is 53.2 Å². The Bertz CT molecular complexity index is 1770. The Morgan fingerprint density at radius 3 is 2.62 bits per heavy atom. The zero-order chi connectivity index (χ0) is 32.0. The van der Waals surface area contributed by atoms with Gasteiger partial charge in [-0.25, -0.2) is 13.6 Å². The highest BCUT2D eigenvalue weighted by atomic mass is 35.5. The summed E-state index contributed by atoms with van der Waals surface area (Å²) in [7, 11) is 2.05. The summed E-state index contributed by atoms with van der Waals surface area (Å²) in [5, 5.41) is 1.32. The molecule has 2 aliphatic heterocycles. The van der Waals surface area contributed by atoms with Crippen LogP contribution in [-0.2, 0) is 4.74 Å². The fraction of sp³-hybridized carbons (Fsp3) is 0.455. The van der Waals surface area contributed by atoms with E-state index < -0.39 is 17.2 Å². The highest BCUT2D eigenvalue weighted by Gasteiger charge is 2.33. The minimum Gasteiger partial charge on any atom is -0.462 e. The van der Waals surface area contributed by atoms with Crippen LogP contribution in [-0.4, -0.2) is 88.4 Å². The Morgan fingerprint density at radius 1 is 1.11 bits per heavy atom. The largest absolute Gasteiger partial charge is 0.462 e. The maximum absolute atomic E-state index is 16.6. The first-order valence-electron chi connectivity index (χ1n) is 15.2. The van der Waals surface area contributed by atoms with E-state index in [1.807, 2.05) is 32.6 Å². The van der Waals surface area contributed by atoms with Crippen LogP contribution in [0.4, 0.5) is 19.4 Å². The summed E-state index contributed by atoms with van der Waals surface area (Å²) in [5.74, 6) is -0.826. The maximum Gasteiger partial charge on any atom is 0.410 e. The summed E-state index contributed by atoms with van der Waals surface area (Å²) >= 11 is 6.39. The zero-order valence-corrected chi connectivity index (χ0v) is 26.9. The molecule has 0 aliphatic carbocycles. The van der Waals surface area contributed by atoms with Crippen molar-refractivity contribution < 1.29 is 23.0 Å². The average Bonchev–Trinajstić information content (AvgIpc) is 3.41. The number of carbonyl (C=O) groups excluding carboxylic acids is 1. The number of aromatic nitrogens is 3. The first-order chi connectivity index (χ1) is 21.4. The molecule has 1 amide bonds. The van der Waals surface area contributed by atoms with Gasteiger partial charge in [-0.15, -0.1) is 0 Å². The summed E-state index contributed by atoms with van der Waals surface area (Å²) in [4.78, 5) is 32.6. The van der Waals surface area contributed by atoms with Crippen LogP contribution in [0.15, 0.2) is 36.5 Å². The highest BCUT2D eigenvalue weighted by Crippen LogP contribution is 2.38. The minimum atomic E-state index is -0.688. The Balaban J connectivity index is 1.42. The molecule has 2 aromatic carbocycles. The third kappa shape index (κ3) is 6.20. The number of anilines is 1. The highest BCUT2D eigenvalue weighted by molar-refractivity contribution is 6.36. The van der Waals surface area contributed by atoms with Gasteiger partial charge in [0.2, 0.25) is 0 Å². The first kappa shape index (κ1) is 31.2. The molecule has 0 saturated carbocycles. The summed E-state index contributed by atoms with van der Waals surface area (Å²) in [6.45, 7) is 10.0. The second kappa shape index (κ2) is 12.2. The van der Waals surface area contributed by atoms with Gasteiger partial charge in [0.1, 0.15) is 35.1 Å². The van der Waals surface area contributed by atoms with Gasteiger partial charge in [-0.05, 0) is 65.6 Å². The van der Waals surface area contributed by atoms with Crippen molar-refractivity contribution in [2.75, 3.05) is 44.7 Å². The van der Waals surface area contributed by atoms with Gasteiger partial charge in [-0.3, -0.25) is 4.98 Å². The van der Waals surface area contributed by atoms with Gasteiger partial charge in [-0.2, -0.15) is 9.97 Å². The third-order valence-electron chi connectivity index (χ3n) is 8.46. The van der Waals surface area contributed by atoms with E-state index in [0.29, 0.717) is 53.8 Å². The van der Waals surface area contributed by atoms with Crippen molar-refractivity contribution in [3.63, 3.8) is 0 Å². The number of pyridine rings is 1. The summed E-state index contributed by atoms with van der Waals surface area (Å²) in [6.07, 6.45) is 3.22. The molecule has 0 N–H and O–H groups in total. The number of hydrogen-bond acceptors (Lipinski definition) is 8. The van der Waals surface area contributed by atoms with Crippen molar-refractivity contribution in [3.8, 4) is 17.3 Å². The molecule has 0 spiro atoms. The van der Waals surface area contributed by atoms with Gasteiger partial charge in [0.25, 0.3) is 0 Å². The smallest absolute Gasteiger partial charge is 0.410 e. The zero-order valence-electron chi connectivity index (χ0n) is 26.1. The number of rotatable bonds is 5. The van der Waals surface area contributed by atoms with Crippen LogP contribution in [0.25, 0.3) is 32.9 Å². The predicted molar refractivity (Wildman–Crippen MR) is 171 cm³/mol. The number of carbonyl (C=O) groups is 1. The SMILES string of the molecule is C[C@@H]1CN(C(=O)OC(C)(C)C)CCN1c1nc(OC[C@@H]2CCCN2C)nc2c(F)c(-c3cccc4ccc(F)c(Cl)c34)ncc12. The fourth-order valence-corrected chi connectivity index (χ4v) is 6.40. The number of fused-ring (bicyclic) bond motifs is 2. The maximum atomic E-state index is 16.6. The van der Waals surface area contributed by atoms with E-state index in [4.69, 9.17) is 26.1 Å². The molecule has 4 aromatic rings. The molecule has 2 atom stereocenters. The molecular formula is C33H37ClF2N6O3. The number of amides is 1. The Hall–Kier alpha value is -3.83. The number of nitrogens with zero attached hydrogens (tertiary/aromatic N) is 6. The lowest BCUT2D eigenvalue weighted by Gasteiger charge is -2.41. The van der Waals surface area contributed by atoms with Crippen molar-refractivity contribution in [2.24, 2.45) is 0 Å². The molecular weight excluding hydrogens is 602 g/mol. The van der Waals surface area contributed by atoms with E-state index >= 15 is 4.39 Å². The number of likely N-dealkylation sites (N-methyl/N-ethyl adjacent to an activating group) is 1. The van der Waals surface area contributed by atoms with Gasteiger partial charge >= 0.3 is 12.1 Å². The number of piperazine rings is 1. The van der Waals surface area contributed by atoms with Gasteiger partial charge < -0.3 is 24.2 Å². The number of likely N-dealkylation sites (tertiary alicyclic amines) is 1. The van der Waals surface area contributed by atoms with Crippen LogP contribution in [0.2, 0.25) is 5.02 Å². The van der Waals surface area contributed by atoms with Crippen LogP contribution < -0.4 is 9.64 Å². The number of ether oxygens (including phenoxy) is 2. The lowest BCUT2D eigenvalue weighted by atomic mass is 10.0. The van der Waals surface area contributed by atoms with Crippen molar-refractivity contribution in [1.82, 2.24) is 24.8 Å². The monoisotopic (exact) mass is 638 g/mol. The number of hydrogen-bond donors (Lipinski definition) is 0. The van der Waals surface area contributed by atoms with Gasteiger partial charge in [0, 0.05) is 48.9 Å².